The number of amides is 3. The van der Waals surface area contributed by atoms with Gasteiger partial charge < -0.3 is 10.2 Å². The normalized spacial score (nSPS) is 15.5. The van der Waals surface area contributed by atoms with Crippen LogP contribution in [0, 0.1) is 0 Å². The number of nitrogens with zero attached hydrogens (tertiary/aromatic N) is 2. The predicted octanol–water partition coefficient (Wildman–Crippen LogP) is 2.50. The molecule has 0 bridgehead atoms. The summed E-state index contributed by atoms with van der Waals surface area (Å²) in [6, 6.07) is 6.99. The molecule has 0 aliphatic carbocycles. The number of anilines is 1. The van der Waals surface area contributed by atoms with E-state index in [-0.39, 0.29) is 24.0 Å². The van der Waals surface area contributed by atoms with E-state index in [0.717, 1.165) is 5.69 Å². The molecule has 3 amide bonds. The third kappa shape index (κ3) is 4.11. The van der Waals surface area contributed by atoms with Gasteiger partial charge in [-0.1, -0.05) is 17.7 Å². The van der Waals surface area contributed by atoms with Crippen LogP contribution in [0.2, 0.25) is 5.02 Å². The summed E-state index contributed by atoms with van der Waals surface area (Å²) < 4.78 is 0. The molecule has 1 aliphatic rings. The molecule has 0 saturated carbocycles. The monoisotopic (exact) mass is 309 g/mol. The molecule has 0 radical (unpaired) electrons. The highest BCUT2D eigenvalue weighted by Gasteiger charge is 2.31. The Morgan fingerprint density at radius 1 is 1.33 bits per heavy atom. The molecule has 1 fully saturated rings. The number of benzene rings is 1. The summed E-state index contributed by atoms with van der Waals surface area (Å²) in [6.07, 6.45) is 0. The second-order valence-electron chi connectivity index (χ2n) is 6.13. The standard InChI is InChI=1S/C15H20ClN3O2/c1-15(2,3)17-13(20)10-18-7-8-19(14(18)21)12-6-4-5-11(16)9-12/h4-6,9H,7-8,10H2,1-3H3,(H,17,20). The Morgan fingerprint density at radius 3 is 2.67 bits per heavy atom. The van der Waals surface area contributed by atoms with Gasteiger partial charge in [0.05, 0.1) is 0 Å². The second-order valence-corrected chi connectivity index (χ2v) is 6.57. The van der Waals surface area contributed by atoms with Crippen LogP contribution in [0.1, 0.15) is 20.8 Å². The van der Waals surface area contributed by atoms with Gasteiger partial charge in [-0.25, -0.2) is 4.79 Å². The number of hydrogen-bond acceptors (Lipinski definition) is 2. The van der Waals surface area contributed by atoms with E-state index in [2.05, 4.69) is 5.32 Å². The van der Waals surface area contributed by atoms with Crippen LogP contribution < -0.4 is 10.2 Å². The third-order valence-electron chi connectivity index (χ3n) is 3.06. The van der Waals surface area contributed by atoms with Crippen LogP contribution in [-0.4, -0.2) is 42.0 Å². The topological polar surface area (TPSA) is 52.7 Å². The van der Waals surface area contributed by atoms with E-state index in [0.29, 0.717) is 18.1 Å². The summed E-state index contributed by atoms with van der Waals surface area (Å²) in [7, 11) is 0. The summed E-state index contributed by atoms with van der Waals surface area (Å²) >= 11 is 5.95. The molecule has 0 spiro atoms. The van der Waals surface area contributed by atoms with E-state index < -0.39 is 0 Å². The van der Waals surface area contributed by atoms with Crippen molar-refractivity contribution in [2.24, 2.45) is 0 Å². The molecule has 1 aliphatic heterocycles. The van der Waals surface area contributed by atoms with E-state index in [1.54, 1.807) is 28.0 Å². The van der Waals surface area contributed by atoms with E-state index >= 15 is 0 Å². The highest BCUT2D eigenvalue weighted by atomic mass is 35.5. The van der Waals surface area contributed by atoms with Crippen molar-refractivity contribution in [3.8, 4) is 0 Å². The fraction of sp³-hybridized carbons (Fsp3) is 0.467. The maximum Gasteiger partial charge on any atom is 0.325 e. The van der Waals surface area contributed by atoms with Crippen molar-refractivity contribution in [3.05, 3.63) is 29.3 Å². The lowest BCUT2D eigenvalue weighted by Gasteiger charge is -2.23. The van der Waals surface area contributed by atoms with Gasteiger partial charge in [-0.2, -0.15) is 0 Å². The zero-order chi connectivity index (χ0) is 15.6. The molecule has 1 heterocycles. The first-order chi connectivity index (χ1) is 9.76. The fourth-order valence-electron chi connectivity index (χ4n) is 2.24. The zero-order valence-corrected chi connectivity index (χ0v) is 13.3. The van der Waals surface area contributed by atoms with E-state index in [1.807, 2.05) is 26.8 Å². The van der Waals surface area contributed by atoms with Gasteiger partial charge in [-0.05, 0) is 39.0 Å². The average molecular weight is 310 g/mol. The van der Waals surface area contributed by atoms with Crippen molar-refractivity contribution in [2.45, 2.75) is 26.3 Å². The minimum atomic E-state index is -0.299. The Labute approximate surface area is 129 Å². The Balaban J connectivity index is 2.00. The third-order valence-corrected chi connectivity index (χ3v) is 3.30. The van der Waals surface area contributed by atoms with Crippen LogP contribution in [0.15, 0.2) is 24.3 Å². The highest BCUT2D eigenvalue weighted by Crippen LogP contribution is 2.23. The van der Waals surface area contributed by atoms with Gasteiger partial charge in [0.2, 0.25) is 5.91 Å². The van der Waals surface area contributed by atoms with Crippen molar-refractivity contribution in [2.75, 3.05) is 24.5 Å². The van der Waals surface area contributed by atoms with Crippen molar-refractivity contribution in [3.63, 3.8) is 0 Å². The first-order valence-corrected chi connectivity index (χ1v) is 7.27. The van der Waals surface area contributed by atoms with Crippen LogP contribution in [0.4, 0.5) is 10.5 Å². The molecule has 1 saturated heterocycles. The summed E-state index contributed by atoms with van der Waals surface area (Å²) in [4.78, 5) is 27.4. The van der Waals surface area contributed by atoms with Crippen molar-refractivity contribution in [1.82, 2.24) is 10.2 Å². The molecular formula is C15H20ClN3O2. The maximum atomic E-state index is 12.3. The first-order valence-electron chi connectivity index (χ1n) is 6.89. The van der Waals surface area contributed by atoms with Gasteiger partial charge in [0.25, 0.3) is 0 Å². The quantitative estimate of drug-likeness (QED) is 0.932. The highest BCUT2D eigenvalue weighted by molar-refractivity contribution is 6.30. The predicted molar refractivity (Wildman–Crippen MR) is 83.7 cm³/mol. The molecule has 0 atom stereocenters. The Hall–Kier alpha value is -1.75. The molecular weight excluding hydrogens is 290 g/mol. The molecule has 5 nitrogen and oxygen atoms in total. The summed E-state index contributed by atoms with van der Waals surface area (Å²) in [5, 5.41) is 3.45. The Kier molecular flexibility index (Phi) is 4.42. The van der Waals surface area contributed by atoms with Gasteiger partial charge >= 0.3 is 6.03 Å². The van der Waals surface area contributed by atoms with Gasteiger partial charge in [-0.15, -0.1) is 0 Å². The van der Waals surface area contributed by atoms with Gasteiger partial charge in [-0.3, -0.25) is 9.69 Å². The number of rotatable bonds is 3. The van der Waals surface area contributed by atoms with Crippen molar-refractivity contribution in [1.29, 1.82) is 0 Å². The Morgan fingerprint density at radius 2 is 2.05 bits per heavy atom. The van der Waals surface area contributed by atoms with Crippen LogP contribution in [0.5, 0.6) is 0 Å². The minimum Gasteiger partial charge on any atom is -0.350 e. The lowest BCUT2D eigenvalue weighted by atomic mass is 10.1. The first kappa shape index (κ1) is 15.6. The zero-order valence-electron chi connectivity index (χ0n) is 12.5. The largest absolute Gasteiger partial charge is 0.350 e. The molecule has 0 unspecified atom stereocenters. The number of halogens is 1. The van der Waals surface area contributed by atoms with E-state index in [4.69, 9.17) is 11.6 Å². The molecule has 1 aromatic rings. The molecule has 6 heteroatoms. The summed E-state index contributed by atoms with van der Waals surface area (Å²) in [5.74, 6) is -0.149. The lowest BCUT2D eigenvalue weighted by Crippen LogP contribution is -2.46. The number of hydrogen-bond donors (Lipinski definition) is 1. The molecule has 0 aromatic heterocycles. The van der Waals surface area contributed by atoms with Crippen LogP contribution >= 0.6 is 11.6 Å². The molecule has 1 aromatic carbocycles. The lowest BCUT2D eigenvalue weighted by molar-refractivity contribution is -0.122. The molecule has 2 rings (SSSR count). The van der Waals surface area contributed by atoms with E-state index in [1.165, 1.54) is 0 Å². The number of urea groups is 1. The molecule has 1 N–H and O–H groups in total. The minimum absolute atomic E-state index is 0.0766. The van der Waals surface area contributed by atoms with Crippen molar-refractivity contribution >= 4 is 29.2 Å². The van der Waals surface area contributed by atoms with Crippen LogP contribution in [0.3, 0.4) is 0 Å². The van der Waals surface area contributed by atoms with Crippen LogP contribution in [-0.2, 0) is 4.79 Å². The Bertz CT molecular complexity index is 554. The molecule has 114 valence electrons. The fourth-order valence-corrected chi connectivity index (χ4v) is 2.43. The average Bonchev–Trinajstić information content (AvgIpc) is 2.68. The summed E-state index contributed by atoms with van der Waals surface area (Å²) in [5.41, 5.74) is 0.457. The van der Waals surface area contributed by atoms with Gasteiger partial charge in [0.15, 0.2) is 0 Å². The van der Waals surface area contributed by atoms with E-state index in [9.17, 15) is 9.59 Å². The van der Waals surface area contributed by atoms with Crippen molar-refractivity contribution < 1.29 is 9.59 Å². The van der Waals surface area contributed by atoms with Gasteiger partial charge in [0.1, 0.15) is 6.54 Å². The maximum absolute atomic E-state index is 12.3. The summed E-state index contributed by atoms with van der Waals surface area (Å²) in [6.45, 7) is 6.90. The van der Waals surface area contributed by atoms with Crippen LogP contribution in [0.25, 0.3) is 0 Å². The number of carbonyl (C=O) groups is 2. The second kappa shape index (κ2) is 5.93. The number of carbonyl (C=O) groups excluding carboxylic acids is 2. The number of nitrogens with one attached hydrogen (secondary N) is 1. The smallest absolute Gasteiger partial charge is 0.325 e. The SMILES string of the molecule is CC(C)(C)NC(=O)CN1CCN(c2cccc(Cl)c2)C1=O. The molecule has 21 heavy (non-hydrogen) atoms. The van der Waals surface area contributed by atoms with Gasteiger partial charge in [0, 0.05) is 29.3 Å².